The van der Waals surface area contributed by atoms with Crippen molar-refractivity contribution < 1.29 is 13.2 Å². The highest BCUT2D eigenvalue weighted by Gasteiger charge is 2.35. The predicted octanol–water partition coefficient (Wildman–Crippen LogP) is 1.14. The van der Waals surface area contributed by atoms with Gasteiger partial charge in [-0.05, 0) is 19.1 Å². The lowest BCUT2D eigenvalue weighted by molar-refractivity contribution is 0.0750. The van der Waals surface area contributed by atoms with E-state index in [0.29, 0.717) is 23.5 Å². The van der Waals surface area contributed by atoms with Gasteiger partial charge in [0.1, 0.15) is 5.37 Å². The van der Waals surface area contributed by atoms with Crippen LogP contribution in [0.2, 0.25) is 0 Å². The standard InChI is InChI=1S/C13H18N2O3S2/c1-9-3-4-11(14)10(7-9)13(16)15-5-6-19-8-12(15)20(2,17)18/h3-4,7,12H,5-6,8,14H2,1-2H3. The molecule has 0 bridgehead atoms. The number of nitrogen functional groups attached to an aromatic ring is 1. The van der Waals surface area contributed by atoms with Crippen molar-refractivity contribution in [1.29, 1.82) is 0 Å². The predicted molar refractivity (Wildman–Crippen MR) is 82.6 cm³/mol. The number of benzene rings is 1. The van der Waals surface area contributed by atoms with E-state index in [2.05, 4.69) is 0 Å². The largest absolute Gasteiger partial charge is 0.398 e. The lowest BCUT2D eigenvalue weighted by Crippen LogP contribution is -2.50. The molecule has 2 rings (SSSR count). The monoisotopic (exact) mass is 314 g/mol. The summed E-state index contributed by atoms with van der Waals surface area (Å²) in [5.74, 6) is 0.849. The van der Waals surface area contributed by atoms with Crippen LogP contribution in [0.3, 0.4) is 0 Å². The van der Waals surface area contributed by atoms with Gasteiger partial charge in [-0.3, -0.25) is 4.79 Å². The molecule has 0 aromatic heterocycles. The number of thioether (sulfide) groups is 1. The van der Waals surface area contributed by atoms with Crippen molar-refractivity contribution in [3.63, 3.8) is 0 Å². The lowest BCUT2D eigenvalue weighted by atomic mass is 10.1. The Morgan fingerprint density at radius 2 is 2.15 bits per heavy atom. The van der Waals surface area contributed by atoms with Crippen LogP contribution in [0.25, 0.3) is 0 Å². The van der Waals surface area contributed by atoms with E-state index in [1.807, 2.05) is 13.0 Å². The smallest absolute Gasteiger partial charge is 0.257 e. The molecule has 1 saturated heterocycles. The van der Waals surface area contributed by atoms with E-state index in [9.17, 15) is 13.2 Å². The molecule has 1 aromatic carbocycles. The molecule has 1 amide bonds. The van der Waals surface area contributed by atoms with Crippen LogP contribution in [0.15, 0.2) is 18.2 Å². The summed E-state index contributed by atoms with van der Waals surface area (Å²) in [5, 5.41) is -0.770. The Kier molecular flexibility index (Phi) is 4.29. The molecule has 7 heteroatoms. The molecule has 1 aromatic rings. The van der Waals surface area contributed by atoms with Crippen molar-refractivity contribution >= 4 is 33.2 Å². The Morgan fingerprint density at radius 1 is 1.45 bits per heavy atom. The minimum Gasteiger partial charge on any atom is -0.398 e. The van der Waals surface area contributed by atoms with Crippen LogP contribution >= 0.6 is 11.8 Å². The first-order valence-corrected chi connectivity index (χ1v) is 9.35. The molecule has 0 radical (unpaired) electrons. The molecular weight excluding hydrogens is 296 g/mol. The summed E-state index contributed by atoms with van der Waals surface area (Å²) in [5.41, 5.74) is 7.53. The van der Waals surface area contributed by atoms with Crippen molar-refractivity contribution in [2.75, 3.05) is 30.0 Å². The number of carbonyl (C=O) groups is 1. The normalized spacial score (nSPS) is 19.9. The molecular formula is C13H18N2O3S2. The Labute approximate surface area is 123 Å². The average Bonchev–Trinajstić information content (AvgIpc) is 2.40. The van der Waals surface area contributed by atoms with Crippen LogP contribution in [0.1, 0.15) is 15.9 Å². The topological polar surface area (TPSA) is 80.5 Å². The minimum atomic E-state index is -3.31. The summed E-state index contributed by atoms with van der Waals surface area (Å²) < 4.78 is 23.7. The summed E-state index contributed by atoms with van der Waals surface area (Å²) >= 11 is 1.55. The highest BCUT2D eigenvalue weighted by molar-refractivity contribution is 8.00. The van der Waals surface area contributed by atoms with Crippen LogP contribution in [0.5, 0.6) is 0 Å². The van der Waals surface area contributed by atoms with Crippen molar-refractivity contribution in [3.05, 3.63) is 29.3 Å². The molecule has 1 aliphatic rings. The first kappa shape index (κ1) is 15.2. The van der Waals surface area contributed by atoms with Gasteiger partial charge in [0.25, 0.3) is 5.91 Å². The van der Waals surface area contributed by atoms with Crippen LogP contribution in [0, 0.1) is 6.92 Å². The fourth-order valence-electron chi connectivity index (χ4n) is 2.18. The maximum Gasteiger partial charge on any atom is 0.257 e. The van der Waals surface area contributed by atoms with E-state index in [4.69, 9.17) is 5.73 Å². The van der Waals surface area contributed by atoms with Gasteiger partial charge < -0.3 is 10.6 Å². The van der Waals surface area contributed by atoms with E-state index < -0.39 is 15.2 Å². The molecule has 2 N–H and O–H groups in total. The molecule has 0 spiro atoms. The van der Waals surface area contributed by atoms with Gasteiger partial charge in [0, 0.05) is 30.0 Å². The molecule has 1 unspecified atom stereocenters. The fourth-order valence-corrected chi connectivity index (χ4v) is 4.99. The zero-order valence-electron chi connectivity index (χ0n) is 11.5. The van der Waals surface area contributed by atoms with E-state index in [1.165, 1.54) is 11.2 Å². The summed E-state index contributed by atoms with van der Waals surface area (Å²) in [6.07, 6.45) is 1.17. The number of amides is 1. The Bertz CT molecular complexity index is 629. The van der Waals surface area contributed by atoms with Crippen molar-refractivity contribution in [2.24, 2.45) is 0 Å². The minimum absolute atomic E-state index is 0.304. The van der Waals surface area contributed by atoms with Gasteiger partial charge in [-0.2, -0.15) is 11.8 Å². The molecule has 1 heterocycles. The molecule has 1 aliphatic heterocycles. The summed E-state index contributed by atoms with van der Waals surface area (Å²) in [4.78, 5) is 14.0. The number of aryl methyl sites for hydroxylation is 1. The summed E-state index contributed by atoms with van der Waals surface area (Å²) in [7, 11) is -3.31. The number of nitrogens with zero attached hydrogens (tertiary/aromatic N) is 1. The van der Waals surface area contributed by atoms with E-state index in [0.717, 1.165) is 11.3 Å². The Morgan fingerprint density at radius 3 is 2.80 bits per heavy atom. The van der Waals surface area contributed by atoms with Gasteiger partial charge in [-0.25, -0.2) is 8.42 Å². The van der Waals surface area contributed by atoms with Gasteiger partial charge in [0.05, 0.1) is 5.56 Å². The van der Waals surface area contributed by atoms with Gasteiger partial charge in [-0.15, -0.1) is 0 Å². The van der Waals surface area contributed by atoms with E-state index in [-0.39, 0.29) is 5.91 Å². The third-order valence-electron chi connectivity index (χ3n) is 3.28. The second kappa shape index (κ2) is 5.65. The number of nitrogens with two attached hydrogens (primary N) is 1. The van der Waals surface area contributed by atoms with Crippen molar-refractivity contribution in [1.82, 2.24) is 4.90 Å². The first-order valence-electron chi connectivity index (χ1n) is 6.24. The van der Waals surface area contributed by atoms with Crippen molar-refractivity contribution in [2.45, 2.75) is 12.3 Å². The first-order chi connectivity index (χ1) is 9.30. The SMILES string of the molecule is Cc1ccc(N)c(C(=O)N2CCSCC2S(C)(=O)=O)c1. The van der Waals surface area contributed by atoms with Gasteiger partial charge >= 0.3 is 0 Å². The Hall–Kier alpha value is -1.21. The number of hydrogen-bond donors (Lipinski definition) is 1. The number of rotatable bonds is 2. The zero-order valence-corrected chi connectivity index (χ0v) is 13.1. The van der Waals surface area contributed by atoms with Crippen LogP contribution in [-0.4, -0.2) is 48.9 Å². The van der Waals surface area contributed by atoms with Gasteiger partial charge in [-0.1, -0.05) is 11.6 Å². The van der Waals surface area contributed by atoms with Crippen LogP contribution in [0.4, 0.5) is 5.69 Å². The third-order valence-corrected chi connectivity index (χ3v) is 5.92. The van der Waals surface area contributed by atoms with Crippen LogP contribution < -0.4 is 5.73 Å². The summed E-state index contributed by atoms with van der Waals surface area (Å²) in [6, 6.07) is 5.21. The molecule has 0 saturated carbocycles. The van der Waals surface area contributed by atoms with Gasteiger partial charge in [0.15, 0.2) is 9.84 Å². The Balaban J connectivity index is 2.37. The van der Waals surface area contributed by atoms with Crippen molar-refractivity contribution in [3.8, 4) is 0 Å². The average molecular weight is 314 g/mol. The number of sulfone groups is 1. The van der Waals surface area contributed by atoms with Crippen LogP contribution in [-0.2, 0) is 9.84 Å². The second-order valence-electron chi connectivity index (χ2n) is 4.95. The summed E-state index contributed by atoms with van der Waals surface area (Å²) in [6.45, 7) is 2.30. The highest BCUT2D eigenvalue weighted by Crippen LogP contribution is 2.24. The lowest BCUT2D eigenvalue weighted by Gasteiger charge is -2.34. The zero-order chi connectivity index (χ0) is 14.9. The molecule has 0 aliphatic carbocycles. The third kappa shape index (κ3) is 3.09. The van der Waals surface area contributed by atoms with E-state index >= 15 is 0 Å². The highest BCUT2D eigenvalue weighted by atomic mass is 32.2. The maximum atomic E-state index is 12.6. The number of anilines is 1. The fraction of sp³-hybridized carbons (Fsp3) is 0.462. The molecule has 110 valence electrons. The van der Waals surface area contributed by atoms with E-state index in [1.54, 1.807) is 23.9 Å². The quantitative estimate of drug-likeness (QED) is 0.828. The molecule has 1 atom stereocenters. The number of carbonyl (C=O) groups excluding carboxylic acids is 1. The number of hydrogen-bond acceptors (Lipinski definition) is 5. The molecule has 20 heavy (non-hydrogen) atoms. The second-order valence-corrected chi connectivity index (χ2v) is 8.30. The molecule has 1 fully saturated rings. The molecule has 5 nitrogen and oxygen atoms in total. The maximum absolute atomic E-state index is 12.6. The van der Waals surface area contributed by atoms with Gasteiger partial charge in [0.2, 0.25) is 0 Å².